The van der Waals surface area contributed by atoms with Crippen LogP contribution in [0.3, 0.4) is 0 Å². The van der Waals surface area contributed by atoms with E-state index >= 15 is 0 Å². The number of hydrogen-bond acceptors (Lipinski definition) is 2. The van der Waals surface area contributed by atoms with Gasteiger partial charge in [-0.2, -0.15) is 0 Å². The average Bonchev–Trinajstić information content (AvgIpc) is 2.80. The Morgan fingerprint density at radius 1 is 1.04 bits per heavy atom. The van der Waals surface area contributed by atoms with Crippen molar-refractivity contribution in [3.63, 3.8) is 0 Å². The van der Waals surface area contributed by atoms with Gasteiger partial charge in [-0.1, -0.05) is 24.3 Å². The Labute approximate surface area is 133 Å². The van der Waals surface area contributed by atoms with E-state index in [1.807, 2.05) is 26.0 Å². The topological polar surface area (TPSA) is 49.4 Å². The minimum absolute atomic E-state index is 0.0895. The zero-order valence-electron chi connectivity index (χ0n) is 12.8. The maximum Gasteiger partial charge on any atom is 0.282 e. The summed E-state index contributed by atoms with van der Waals surface area (Å²) in [6, 6.07) is 11.4. The van der Waals surface area contributed by atoms with E-state index in [4.69, 9.17) is 0 Å². The number of aryl methyl sites for hydroxylation is 2. The first kappa shape index (κ1) is 15.0. The first-order valence-electron chi connectivity index (χ1n) is 7.16. The van der Waals surface area contributed by atoms with Crippen LogP contribution in [0.4, 0.5) is 10.1 Å². The van der Waals surface area contributed by atoms with Gasteiger partial charge in [0.1, 0.15) is 11.4 Å². The molecule has 0 bridgehead atoms. The summed E-state index contributed by atoms with van der Waals surface area (Å²) in [6.45, 7) is 3.89. The zero-order chi connectivity index (χ0) is 16.6. The number of nitrogens with zero attached hydrogens (tertiary/aromatic N) is 1. The molecule has 0 spiro atoms. The Morgan fingerprint density at radius 2 is 1.78 bits per heavy atom. The summed E-state index contributed by atoms with van der Waals surface area (Å²) in [5, 5.41) is 1.18. The van der Waals surface area contributed by atoms with E-state index in [-0.39, 0.29) is 11.1 Å². The van der Waals surface area contributed by atoms with Gasteiger partial charge in [0.2, 0.25) is 0 Å². The van der Waals surface area contributed by atoms with Gasteiger partial charge in [0, 0.05) is 5.56 Å². The molecule has 4 nitrogen and oxygen atoms in total. The Bertz CT molecular complexity index is 843. The van der Waals surface area contributed by atoms with E-state index < -0.39 is 17.6 Å². The van der Waals surface area contributed by atoms with Crippen molar-refractivity contribution in [2.24, 2.45) is 0 Å². The SMILES string of the molecule is Cc1ccc(N2NC(=O)/C(=C\c3ccccc3F)C2=O)cc1C. The number of nitrogens with one attached hydrogen (secondary N) is 1. The third kappa shape index (κ3) is 2.73. The number of hydrogen-bond donors (Lipinski definition) is 1. The molecule has 0 aliphatic carbocycles. The highest BCUT2D eigenvalue weighted by Crippen LogP contribution is 2.24. The van der Waals surface area contributed by atoms with Crippen molar-refractivity contribution in [2.75, 3.05) is 5.01 Å². The molecule has 116 valence electrons. The largest absolute Gasteiger partial charge is 0.282 e. The van der Waals surface area contributed by atoms with E-state index in [1.54, 1.807) is 18.2 Å². The minimum atomic E-state index is -0.545. The molecule has 0 saturated carbocycles. The lowest BCUT2D eigenvalue weighted by Gasteiger charge is -2.15. The summed E-state index contributed by atoms with van der Waals surface area (Å²) in [5.74, 6) is -1.52. The number of rotatable bonds is 2. The Kier molecular flexibility index (Phi) is 3.70. The van der Waals surface area contributed by atoms with E-state index in [1.165, 1.54) is 23.2 Å². The summed E-state index contributed by atoms with van der Waals surface area (Å²) < 4.78 is 13.7. The van der Waals surface area contributed by atoms with Crippen molar-refractivity contribution < 1.29 is 14.0 Å². The summed E-state index contributed by atoms with van der Waals surface area (Å²) in [5.41, 5.74) is 5.30. The fourth-order valence-corrected chi connectivity index (χ4v) is 2.35. The predicted octanol–water partition coefficient (Wildman–Crippen LogP) is 2.90. The highest BCUT2D eigenvalue weighted by atomic mass is 19.1. The van der Waals surface area contributed by atoms with Crippen LogP contribution in [0.5, 0.6) is 0 Å². The lowest BCUT2D eigenvalue weighted by molar-refractivity contribution is -0.117. The number of benzene rings is 2. The average molecular weight is 310 g/mol. The van der Waals surface area contributed by atoms with Gasteiger partial charge < -0.3 is 0 Å². The molecule has 5 heteroatoms. The molecule has 1 heterocycles. The highest BCUT2D eigenvalue weighted by molar-refractivity contribution is 6.31. The van der Waals surface area contributed by atoms with Gasteiger partial charge in [-0.25, -0.2) is 9.40 Å². The Hall–Kier alpha value is -2.95. The van der Waals surface area contributed by atoms with Gasteiger partial charge in [0.25, 0.3) is 11.8 Å². The molecule has 0 unspecified atom stereocenters. The molecule has 2 aromatic carbocycles. The third-order valence-electron chi connectivity index (χ3n) is 3.85. The molecule has 1 aliphatic rings. The number of hydrazine groups is 1. The van der Waals surface area contributed by atoms with Crippen molar-refractivity contribution in [1.29, 1.82) is 0 Å². The molecule has 1 aliphatic heterocycles. The second-order valence-electron chi connectivity index (χ2n) is 5.43. The van der Waals surface area contributed by atoms with Crippen molar-refractivity contribution in [1.82, 2.24) is 5.43 Å². The Balaban J connectivity index is 1.97. The summed E-state index contributed by atoms with van der Waals surface area (Å²) in [6.07, 6.45) is 1.27. The number of halogens is 1. The van der Waals surface area contributed by atoms with Gasteiger partial charge in [0.15, 0.2) is 0 Å². The van der Waals surface area contributed by atoms with E-state index in [2.05, 4.69) is 5.43 Å². The van der Waals surface area contributed by atoms with Crippen molar-refractivity contribution in [3.8, 4) is 0 Å². The summed E-state index contributed by atoms with van der Waals surface area (Å²) in [7, 11) is 0. The molecule has 0 aromatic heterocycles. The fourth-order valence-electron chi connectivity index (χ4n) is 2.35. The van der Waals surface area contributed by atoms with E-state index in [0.717, 1.165) is 11.1 Å². The number of carbonyl (C=O) groups is 2. The molecule has 1 N–H and O–H groups in total. The fraction of sp³-hybridized carbons (Fsp3) is 0.111. The molecular weight excluding hydrogens is 295 g/mol. The molecule has 2 amide bonds. The maximum atomic E-state index is 13.7. The van der Waals surface area contributed by atoms with Gasteiger partial charge in [-0.3, -0.25) is 15.0 Å². The summed E-state index contributed by atoms with van der Waals surface area (Å²) in [4.78, 5) is 24.6. The first-order valence-corrected chi connectivity index (χ1v) is 7.16. The molecule has 3 rings (SSSR count). The molecule has 0 radical (unpaired) electrons. The third-order valence-corrected chi connectivity index (χ3v) is 3.85. The lowest BCUT2D eigenvalue weighted by Crippen LogP contribution is -2.35. The van der Waals surface area contributed by atoms with E-state index in [9.17, 15) is 14.0 Å². The van der Waals surface area contributed by atoms with Crippen LogP contribution in [0.2, 0.25) is 0 Å². The number of anilines is 1. The maximum absolute atomic E-state index is 13.7. The van der Waals surface area contributed by atoms with Crippen LogP contribution in [-0.4, -0.2) is 11.8 Å². The van der Waals surface area contributed by atoms with E-state index in [0.29, 0.717) is 5.69 Å². The van der Waals surface area contributed by atoms with Gasteiger partial charge >= 0.3 is 0 Å². The molecule has 0 atom stereocenters. The van der Waals surface area contributed by atoms with Crippen LogP contribution >= 0.6 is 0 Å². The second kappa shape index (κ2) is 5.68. The number of amides is 2. The quantitative estimate of drug-likeness (QED) is 0.685. The van der Waals surface area contributed by atoms with Crippen molar-refractivity contribution in [2.45, 2.75) is 13.8 Å². The smallest absolute Gasteiger partial charge is 0.267 e. The zero-order valence-corrected chi connectivity index (χ0v) is 12.8. The first-order chi connectivity index (χ1) is 11.0. The molecular formula is C18H15FN2O2. The van der Waals surface area contributed by atoms with Gasteiger partial charge in [-0.05, 0) is 49.2 Å². The van der Waals surface area contributed by atoms with Crippen LogP contribution in [0.25, 0.3) is 6.08 Å². The molecule has 1 saturated heterocycles. The standard InChI is InChI=1S/C18H15FN2O2/c1-11-7-8-14(9-12(11)2)21-18(23)15(17(22)20-21)10-13-5-3-4-6-16(13)19/h3-10H,1-2H3,(H,20,22)/b15-10+. The van der Waals surface area contributed by atoms with Gasteiger partial charge in [0.05, 0.1) is 5.69 Å². The second-order valence-corrected chi connectivity index (χ2v) is 5.43. The lowest BCUT2D eigenvalue weighted by atomic mass is 10.1. The Morgan fingerprint density at radius 3 is 2.48 bits per heavy atom. The minimum Gasteiger partial charge on any atom is -0.267 e. The molecule has 1 fully saturated rings. The van der Waals surface area contributed by atoms with Crippen molar-refractivity contribution in [3.05, 3.63) is 70.5 Å². The predicted molar refractivity (Wildman–Crippen MR) is 85.9 cm³/mol. The molecule has 23 heavy (non-hydrogen) atoms. The van der Waals surface area contributed by atoms with Crippen LogP contribution < -0.4 is 10.4 Å². The van der Waals surface area contributed by atoms with Crippen LogP contribution in [0.1, 0.15) is 16.7 Å². The van der Waals surface area contributed by atoms with Crippen molar-refractivity contribution >= 4 is 23.6 Å². The van der Waals surface area contributed by atoms with Crippen LogP contribution in [-0.2, 0) is 9.59 Å². The number of carbonyl (C=O) groups excluding carboxylic acids is 2. The highest BCUT2D eigenvalue weighted by Gasteiger charge is 2.34. The summed E-state index contributed by atoms with van der Waals surface area (Å²) >= 11 is 0. The monoisotopic (exact) mass is 310 g/mol. The molecule has 2 aromatic rings. The van der Waals surface area contributed by atoms with Gasteiger partial charge in [-0.15, -0.1) is 0 Å². The van der Waals surface area contributed by atoms with Crippen LogP contribution in [0.15, 0.2) is 48.0 Å². The normalized spacial score (nSPS) is 16.1. The van der Waals surface area contributed by atoms with Crippen LogP contribution in [0, 0.1) is 19.7 Å².